The molecule has 0 spiro atoms. The van der Waals surface area contributed by atoms with E-state index >= 15 is 0 Å². The van der Waals surface area contributed by atoms with Gasteiger partial charge in [-0.2, -0.15) is 0 Å². The molecule has 0 aromatic carbocycles. The minimum Gasteiger partial charge on any atom is -0.396 e. The van der Waals surface area contributed by atoms with E-state index in [0.717, 1.165) is 0 Å². The number of hydrogen-bond acceptors (Lipinski definition) is 31. The maximum Gasteiger partial charge on any atom is 0.469 e. The van der Waals surface area contributed by atoms with Gasteiger partial charge < -0.3 is 155 Å². The lowest BCUT2D eigenvalue weighted by Gasteiger charge is -2.42. The zero-order valence-electron chi connectivity index (χ0n) is 60.9. The van der Waals surface area contributed by atoms with Gasteiger partial charge in [0, 0.05) is 83.1 Å². The zero-order valence-corrected chi connectivity index (χ0v) is 61.8. The maximum absolute atomic E-state index is 14.3. The molecule has 3 saturated heterocycles. The average Bonchev–Trinajstić information content (AvgIpc) is 0.820. The third kappa shape index (κ3) is 39.9. The highest BCUT2D eigenvalue weighted by Gasteiger charge is 2.46. The third-order valence-corrected chi connectivity index (χ3v) is 17.7. The summed E-state index contributed by atoms with van der Waals surface area (Å²) in [4.78, 5) is 109. The number of rotatable bonds is 60. The van der Waals surface area contributed by atoms with Gasteiger partial charge in [-0.15, -0.1) is 0 Å². The van der Waals surface area contributed by atoms with Crippen molar-refractivity contribution in [3.05, 3.63) is 0 Å². The number of aliphatic hydroxyl groups is 10. The summed E-state index contributed by atoms with van der Waals surface area (Å²) in [6.45, 7) is 3.57. The number of aliphatic hydroxyl groups excluding tert-OH is 10. The van der Waals surface area contributed by atoms with Gasteiger partial charge in [-0.05, 0) is 51.4 Å². The zero-order chi connectivity index (χ0) is 78.2. The van der Waals surface area contributed by atoms with Crippen molar-refractivity contribution < 1.29 is 160 Å². The van der Waals surface area contributed by atoms with E-state index in [1.807, 2.05) is 0 Å². The van der Waals surface area contributed by atoms with E-state index in [1.165, 1.54) is 6.92 Å². The summed E-state index contributed by atoms with van der Waals surface area (Å²) in [5.74, 6) is -5.01. The largest absolute Gasteiger partial charge is 0.469 e. The van der Waals surface area contributed by atoms with Gasteiger partial charge in [0.2, 0.25) is 41.4 Å². The molecule has 0 saturated carbocycles. The molecule has 40 nitrogen and oxygen atoms in total. The first kappa shape index (κ1) is 95.7. The van der Waals surface area contributed by atoms with Crippen LogP contribution in [-0.2, 0) is 99.5 Å². The Morgan fingerprint density at radius 3 is 1.20 bits per heavy atom. The summed E-state index contributed by atoms with van der Waals surface area (Å²) >= 11 is 0. The number of hydrogen-bond donors (Lipinski definition) is 19. The van der Waals surface area contributed by atoms with Crippen LogP contribution in [0.25, 0.3) is 0 Å². The molecule has 106 heavy (non-hydrogen) atoms. The first-order chi connectivity index (χ1) is 50.7. The van der Waals surface area contributed by atoms with Gasteiger partial charge in [0.25, 0.3) is 0 Å². The molecule has 0 bridgehead atoms. The fourth-order valence-electron chi connectivity index (χ4n) is 10.9. The highest BCUT2D eigenvalue weighted by atomic mass is 31.2. The Bertz CT molecular complexity index is 2490. The second kappa shape index (κ2) is 55.8. The fraction of sp³-hybridized carbons (Fsp3) is 0.892. The molecule has 19 N–H and O–H groups in total. The predicted octanol–water partition coefficient (Wildman–Crippen LogP) is -6.55. The summed E-state index contributed by atoms with van der Waals surface area (Å²) in [6.07, 6.45) is -11.4. The predicted molar refractivity (Wildman–Crippen MR) is 366 cm³/mol. The molecule has 0 aliphatic carbocycles. The van der Waals surface area contributed by atoms with Crippen LogP contribution in [0.1, 0.15) is 104 Å². The molecule has 3 aliphatic heterocycles. The Labute approximate surface area is 617 Å². The third-order valence-electron chi connectivity index (χ3n) is 17.2. The molecule has 18 atom stereocenters. The minimum atomic E-state index is -4.64. The van der Waals surface area contributed by atoms with Gasteiger partial charge in [0.15, 0.2) is 18.9 Å². The van der Waals surface area contributed by atoms with Crippen LogP contribution in [0.3, 0.4) is 0 Å². The Balaban J connectivity index is 1.55. The fourth-order valence-corrected chi connectivity index (χ4v) is 11.3. The molecular formula is C65H120N7O33P. The lowest BCUT2D eigenvalue weighted by molar-refractivity contribution is -0.284. The van der Waals surface area contributed by atoms with Crippen molar-refractivity contribution in [2.45, 2.75) is 196 Å². The molecule has 0 aromatic rings. The molecule has 0 aromatic heterocycles. The molecule has 7 amide bonds. The van der Waals surface area contributed by atoms with E-state index in [4.69, 9.17) is 66.6 Å². The van der Waals surface area contributed by atoms with Crippen LogP contribution in [0.15, 0.2) is 0 Å². The Hall–Kier alpha value is -4.48. The van der Waals surface area contributed by atoms with Crippen molar-refractivity contribution in [3.8, 4) is 0 Å². The number of carbonyl (C=O) groups excluding carboxylic acids is 7. The number of nitrogens with one attached hydrogen (secondary N) is 7. The van der Waals surface area contributed by atoms with E-state index in [2.05, 4.69) is 41.7 Å². The average molecular weight is 1560 g/mol. The van der Waals surface area contributed by atoms with Gasteiger partial charge in [0.05, 0.1) is 138 Å². The van der Waals surface area contributed by atoms with E-state index in [9.17, 15) is 89.2 Å². The number of phosphoric ester groups is 1. The number of unbranched alkanes of at least 4 members (excludes halogenated alkanes) is 3. The molecule has 3 aliphatic rings. The quantitative estimate of drug-likeness (QED) is 0.0199. The maximum atomic E-state index is 14.3. The molecule has 3 rings (SSSR count). The van der Waals surface area contributed by atoms with Crippen molar-refractivity contribution in [3.63, 3.8) is 0 Å². The van der Waals surface area contributed by atoms with E-state index in [0.29, 0.717) is 51.5 Å². The lowest BCUT2D eigenvalue weighted by atomic mass is 9.92. The molecule has 16 unspecified atom stereocenters. The molecule has 3 fully saturated rings. The second-order valence-electron chi connectivity index (χ2n) is 25.7. The number of phosphoric acid groups is 1. The summed E-state index contributed by atoms with van der Waals surface area (Å²) in [5, 5.41) is 119. The standard InChI is InChI=1S/C65H120N7O33P/c1-41-55(82)57(84)47(37-74)103-63(41)99-33-30-94-22-14-51(79)68-19-9-6-12-46(71-53(81)16-24-96-31-34-100-64-42(2)56(83)58(85)48(38-75)104-64)62(89)72-45(11-5-8-18-67-52(80)15-23-95-32-35-101-65-54(70-43(3)77)60(87)59(86)49(39-76)105-65)61(88)69-20-25-97-27-29-98-28-26-93-21-13-50(78)66-17-7-4-10-44(36-73)40-102-106(90,91)92/h41-42,44-49,54-60,63-65,73-76,82-87H,4-40H2,1-3H3,(H,66,78)(H,67,80)(H,68,79)(H,69,88)(H,70,77)(H,71,81)(H,72,89)(H2,90,91,92)/t41?,42?,44?,45-,46-,47?,48?,49?,54?,55?,56?,57?,58?,59?,60?,63?,64?,65?/m0/s1. The van der Waals surface area contributed by atoms with Crippen LogP contribution in [-0.4, -0.2) is 352 Å². The van der Waals surface area contributed by atoms with Crippen LogP contribution < -0.4 is 37.2 Å². The monoisotopic (exact) mass is 1560 g/mol. The first-order valence-electron chi connectivity index (χ1n) is 36.2. The minimum absolute atomic E-state index is 0.00885. The molecule has 41 heteroatoms. The normalized spacial score (nSPS) is 25.6. The molecular weight excluding hydrogens is 1440 g/mol. The van der Waals surface area contributed by atoms with Crippen LogP contribution in [0, 0.1) is 17.8 Å². The van der Waals surface area contributed by atoms with Gasteiger partial charge >= 0.3 is 7.82 Å². The lowest BCUT2D eigenvalue weighted by Crippen LogP contribution is -2.64. The summed E-state index contributed by atoms with van der Waals surface area (Å²) in [6, 6.07) is -3.49. The molecule has 618 valence electrons. The van der Waals surface area contributed by atoms with Crippen molar-refractivity contribution >= 4 is 49.2 Å². The van der Waals surface area contributed by atoms with Gasteiger partial charge in [-0.3, -0.25) is 38.1 Å². The van der Waals surface area contributed by atoms with E-state index in [1.54, 1.807) is 13.8 Å². The smallest absolute Gasteiger partial charge is 0.396 e. The number of amides is 7. The number of carbonyl (C=O) groups is 7. The Morgan fingerprint density at radius 2 is 0.783 bits per heavy atom. The topological polar surface area (TPSA) is 584 Å². The highest BCUT2D eigenvalue weighted by molar-refractivity contribution is 7.46. The van der Waals surface area contributed by atoms with Crippen molar-refractivity contribution in [1.82, 2.24) is 37.2 Å². The summed E-state index contributed by atoms with van der Waals surface area (Å²) in [7, 11) is -4.64. The molecule has 0 radical (unpaired) electrons. The Morgan fingerprint density at radius 1 is 0.415 bits per heavy atom. The van der Waals surface area contributed by atoms with Crippen LogP contribution >= 0.6 is 7.82 Å². The van der Waals surface area contributed by atoms with Crippen molar-refractivity contribution in [2.24, 2.45) is 17.8 Å². The van der Waals surface area contributed by atoms with Gasteiger partial charge in [-0.1, -0.05) is 20.3 Å². The van der Waals surface area contributed by atoms with E-state index < -0.39 is 161 Å². The highest BCUT2D eigenvalue weighted by Crippen LogP contribution is 2.37. The van der Waals surface area contributed by atoms with Crippen molar-refractivity contribution in [2.75, 3.05) is 158 Å². The SMILES string of the molecule is CC(=O)NC1C(OCCOCCC(=O)NCCCC[C@H](NC(=O)[C@H](CCCCNC(=O)CCOCCOC2OC(CO)C(O)C(O)C2C)NC(=O)CCOCCOC2OC(CO)C(O)C(O)C2C)C(=O)NCCOCCOCCOCCC(=O)NCCCCC(CO)COP(=O)(O)O)OC(CO)C(O)C1O. The van der Waals surface area contributed by atoms with Crippen LogP contribution in [0.2, 0.25) is 0 Å². The van der Waals surface area contributed by atoms with Crippen LogP contribution in [0.4, 0.5) is 0 Å². The van der Waals surface area contributed by atoms with Gasteiger partial charge in [-0.25, -0.2) is 4.57 Å². The summed E-state index contributed by atoms with van der Waals surface area (Å²) in [5.41, 5.74) is 0. The number of ether oxygens (including phenoxy) is 12. The summed E-state index contributed by atoms with van der Waals surface area (Å²) < 4.78 is 82.3. The second-order valence-corrected chi connectivity index (χ2v) is 26.9. The van der Waals surface area contributed by atoms with Crippen molar-refractivity contribution in [1.29, 1.82) is 0 Å². The Kier molecular flexibility index (Phi) is 50.4. The molecule has 3 heterocycles. The van der Waals surface area contributed by atoms with Gasteiger partial charge in [0.1, 0.15) is 60.9 Å². The first-order valence-corrected chi connectivity index (χ1v) is 37.7. The van der Waals surface area contributed by atoms with Crippen LogP contribution in [0.5, 0.6) is 0 Å². The van der Waals surface area contributed by atoms with E-state index in [-0.39, 0.29) is 188 Å².